The van der Waals surface area contributed by atoms with Gasteiger partial charge in [-0.1, -0.05) is 30.8 Å². The molecule has 10 heteroatoms. The van der Waals surface area contributed by atoms with Crippen LogP contribution in [0.5, 0.6) is 5.75 Å². The second-order valence-corrected chi connectivity index (χ2v) is 9.82. The zero-order valence-electron chi connectivity index (χ0n) is 21.7. The fourth-order valence-corrected chi connectivity index (χ4v) is 5.90. The number of carbonyl (C=O) groups excluding carboxylic acids is 3. The molecule has 3 aliphatic rings. The number of methoxy groups -OCH3 is 2. The van der Waals surface area contributed by atoms with Gasteiger partial charge in [0.15, 0.2) is 5.17 Å². The minimum absolute atomic E-state index is 0.0728. The third-order valence-corrected chi connectivity index (χ3v) is 7.65. The number of likely N-dealkylation sites (tertiary alicyclic amines) is 1. The highest BCUT2D eigenvalue weighted by Crippen LogP contribution is 2.46. The van der Waals surface area contributed by atoms with Crippen LogP contribution in [-0.4, -0.2) is 66.7 Å². The van der Waals surface area contributed by atoms with Crippen molar-refractivity contribution < 1.29 is 28.6 Å². The lowest BCUT2D eigenvalue weighted by Crippen LogP contribution is -2.44. The van der Waals surface area contributed by atoms with Crippen LogP contribution in [0.15, 0.2) is 51.6 Å². The zero-order valence-corrected chi connectivity index (χ0v) is 22.5. The van der Waals surface area contributed by atoms with Crippen LogP contribution >= 0.6 is 11.8 Å². The van der Waals surface area contributed by atoms with E-state index in [1.807, 2.05) is 41.5 Å². The molecule has 0 N–H and O–H groups in total. The Balaban J connectivity index is 1.64. The molecule has 1 aromatic carbocycles. The van der Waals surface area contributed by atoms with E-state index < -0.39 is 12.0 Å². The van der Waals surface area contributed by atoms with E-state index in [-0.39, 0.29) is 24.2 Å². The molecule has 1 amide bonds. The van der Waals surface area contributed by atoms with E-state index in [9.17, 15) is 14.4 Å². The summed E-state index contributed by atoms with van der Waals surface area (Å²) in [4.78, 5) is 47.2. The lowest BCUT2D eigenvalue weighted by molar-refractivity contribution is -0.151. The smallest absolute Gasteiger partial charge is 0.338 e. The maximum atomic E-state index is 13.4. The number of nitrogens with zero attached hydrogens (tertiary/aromatic N) is 3. The van der Waals surface area contributed by atoms with Crippen LogP contribution in [0, 0.1) is 5.92 Å². The van der Waals surface area contributed by atoms with Gasteiger partial charge in [0.25, 0.3) is 0 Å². The number of amides is 1. The highest BCUT2D eigenvalue weighted by Gasteiger charge is 2.42. The minimum atomic E-state index is -0.521. The van der Waals surface area contributed by atoms with Crippen molar-refractivity contribution in [3.05, 3.63) is 52.2 Å². The van der Waals surface area contributed by atoms with Crippen LogP contribution in [0.4, 0.5) is 0 Å². The number of carbonyl (C=O) groups is 3. The van der Waals surface area contributed by atoms with Crippen molar-refractivity contribution >= 4 is 34.8 Å². The summed E-state index contributed by atoms with van der Waals surface area (Å²) >= 11 is 1.44. The highest BCUT2D eigenvalue weighted by molar-refractivity contribution is 8.16. The minimum Gasteiger partial charge on any atom is -0.497 e. The Morgan fingerprint density at radius 3 is 2.70 bits per heavy atom. The van der Waals surface area contributed by atoms with Crippen molar-refractivity contribution in [3.63, 3.8) is 0 Å². The lowest BCUT2D eigenvalue weighted by Gasteiger charge is -2.37. The summed E-state index contributed by atoms with van der Waals surface area (Å²) in [5, 5.41) is 2.63. The predicted octanol–water partition coefficient (Wildman–Crippen LogP) is 4.03. The fourth-order valence-electron chi connectivity index (χ4n) is 4.96. The van der Waals surface area contributed by atoms with Crippen LogP contribution in [0.3, 0.4) is 0 Å². The van der Waals surface area contributed by atoms with E-state index >= 15 is 0 Å². The second kappa shape index (κ2) is 11.9. The summed E-state index contributed by atoms with van der Waals surface area (Å²) in [6.45, 7) is 5.01. The molecular weight excluding hydrogens is 494 g/mol. The van der Waals surface area contributed by atoms with Crippen molar-refractivity contribution in [3.8, 4) is 5.75 Å². The summed E-state index contributed by atoms with van der Waals surface area (Å²) < 4.78 is 15.8. The van der Waals surface area contributed by atoms with Gasteiger partial charge >= 0.3 is 11.9 Å². The number of amidine groups is 1. The van der Waals surface area contributed by atoms with Crippen molar-refractivity contribution in [2.24, 2.45) is 10.9 Å². The molecule has 3 aliphatic heterocycles. The Morgan fingerprint density at radius 2 is 2.00 bits per heavy atom. The first kappa shape index (κ1) is 26.8. The van der Waals surface area contributed by atoms with Gasteiger partial charge in [0.2, 0.25) is 5.91 Å². The van der Waals surface area contributed by atoms with E-state index in [1.165, 1.54) is 18.9 Å². The average molecular weight is 528 g/mol. The maximum absolute atomic E-state index is 13.4. The number of esters is 2. The topological polar surface area (TPSA) is 97.7 Å². The number of piperidine rings is 1. The molecule has 0 spiro atoms. The number of ether oxygens (including phenoxy) is 3. The number of rotatable bonds is 8. The number of allylic oxidation sites excluding steroid dienone is 1. The quantitative estimate of drug-likeness (QED) is 0.468. The van der Waals surface area contributed by atoms with Crippen LogP contribution in [0.25, 0.3) is 0 Å². The molecule has 1 saturated heterocycles. The first-order valence-electron chi connectivity index (χ1n) is 12.5. The molecular formula is C27H33N3O6S. The van der Waals surface area contributed by atoms with Gasteiger partial charge in [-0.25, -0.2) is 9.79 Å². The third kappa shape index (κ3) is 5.53. The average Bonchev–Trinajstić information content (AvgIpc) is 3.33. The molecule has 1 aromatic rings. The van der Waals surface area contributed by atoms with Gasteiger partial charge < -0.3 is 24.0 Å². The Bertz CT molecular complexity index is 1160. The SMILES string of the molecule is CCOC(=O)[C@@H]1CCCN(C(=O)CC2=CSC3=NC(CC)=C(C(=O)OC)[C@H](c4cccc(OC)c4)N23)C1. The third-order valence-electron chi connectivity index (χ3n) is 6.77. The molecule has 0 aliphatic carbocycles. The van der Waals surface area contributed by atoms with Crippen molar-refractivity contribution in [1.82, 2.24) is 9.80 Å². The largest absolute Gasteiger partial charge is 0.497 e. The van der Waals surface area contributed by atoms with E-state index in [1.54, 1.807) is 18.9 Å². The van der Waals surface area contributed by atoms with Crippen molar-refractivity contribution in [2.45, 2.75) is 45.6 Å². The Morgan fingerprint density at radius 1 is 1.19 bits per heavy atom. The summed E-state index contributed by atoms with van der Waals surface area (Å²) in [7, 11) is 2.96. The fraction of sp³-hybridized carbons (Fsp3) is 0.481. The summed E-state index contributed by atoms with van der Waals surface area (Å²) in [5.74, 6) is -0.420. The monoisotopic (exact) mass is 527 g/mol. The molecule has 0 bridgehead atoms. The standard InChI is InChI=1S/C27H33N3O6S/c1-5-21-23(26(33)35-4)24(17-9-7-11-20(13-17)34-3)30-19(16-37-27(30)28-21)14-22(31)29-12-8-10-18(15-29)25(32)36-6-2/h7,9,11,13,16,18,24H,5-6,8,10,12,14-15H2,1-4H3/t18-,24+/m1/s1. The van der Waals surface area contributed by atoms with Crippen LogP contribution in [0.1, 0.15) is 51.1 Å². The summed E-state index contributed by atoms with van der Waals surface area (Å²) in [5.41, 5.74) is 2.69. The molecule has 198 valence electrons. The molecule has 0 unspecified atom stereocenters. The first-order chi connectivity index (χ1) is 17.9. The molecule has 3 heterocycles. The van der Waals surface area contributed by atoms with Crippen molar-refractivity contribution in [2.75, 3.05) is 33.9 Å². The van der Waals surface area contributed by atoms with Crippen LogP contribution < -0.4 is 4.74 Å². The zero-order chi connectivity index (χ0) is 26.5. The number of aliphatic imine (C=N–C) groups is 1. The predicted molar refractivity (Wildman–Crippen MR) is 141 cm³/mol. The lowest BCUT2D eigenvalue weighted by atomic mass is 9.92. The van der Waals surface area contributed by atoms with Gasteiger partial charge in [0.1, 0.15) is 5.75 Å². The van der Waals surface area contributed by atoms with Gasteiger partial charge in [-0.05, 0) is 49.3 Å². The second-order valence-electron chi connectivity index (χ2n) is 8.98. The molecule has 0 radical (unpaired) electrons. The van der Waals surface area contributed by atoms with Crippen molar-refractivity contribution in [1.29, 1.82) is 0 Å². The van der Waals surface area contributed by atoms with E-state index in [0.29, 0.717) is 48.3 Å². The Kier molecular flexibility index (Phi) is 8.58. The van der Waals surface area contributed by atoms with Gasteiger partial charge in [-0.2, -0.15) is 0 Å². The van der Waals surface area contributed by atoms with E-state index in [2.05, 4.69) is 0 Å². The Hall–Kier alpha value is -3.27. The van der Waals surface area contributed by atoms with Gasteiger partial charge in [-0.15, -0.1) is 0 Å². The van der Waals surface area contributed by atoms with Gasteiger partial charge in [0, 0.05) is 18.8 Å². The number of fused-ring (bicyclic) bond motifs is 1. The molecule has 2 atom stereocenters. The van der Waals surface area contributed by atoms with E-state index in [4.69, 9.17) is 19.2 Å². The van der Waals surface area contributed by atoms with Crippen LogP contribution in [0.2, 0.25) is 0 Å². The number of benzene rings is 1. The normalized spacial score (nSPS) is 21.2. The molecule has 37 heavy (non-hydrogen) atoms. The molecule has 1 fully saturated rings. The van der Waals surface area contributed by atoms with Gasteiger partial charge in [0.05, 0.1) is 50.5 Å². The summed E-state index contributed by atoms with van der Waals surface area (Å²) in [6, 6.07) is 7.03. The van der Waals surface area contributed by atoms with Gasteiger partial charge in [-0.3, -0.25) is 9.59 Å². The first-order valence-corrected chi connectivity index (χ1v) is 13.4. The molecule has 9 nitrogen and oxygen atoms in total. The number of hydrogen-bond donors (Lipinski definition) is 0. The maximum Gasteiger partial charge on any atom is 0.338 e. The highest BCUT2D eigenvalue weighted by atomic mass is 32.2. The number of thioether (sulfide) groups is 1. The molecule has 4 rings (SSSR count). The van der Waals surface area contributed by atoms with E-state index in [0.717, 1.165) is 24.1 Å². The molecule has 0 saturated carbocycles. The molecule has 0 aromatic heterocycles. The Labute approximate surface area is 221 Å². The number of hydrogen-bond acceptors (Lipinski definition) is 9. The van der Waals surface area contributed by atoms with Crippen LogP contribution in [-0.2, 0) is 23.9 Å². The summed E-state index contributed by atoms with van der Waals surface area (Å²) in [6.07, 6.45) is 2.15.